The molecule has 2 aromatic heterocycles. The molecule has 17 heavy (non-hydrogen) atoms. The van der Waals surface area contributed by atoms with Crippen molar-refractivity contribution in [1.29, 1.82) is 0 Å². The average molecular weight is 224 g/mol. The van der Waals surface area contributed by atoms with E-state index >= 15 is 0 Å². The highest BCUT2D eigenvalue weighted by Crippen LogP contribution is 2.21. The minimum Gasteiger partial charge on any atom is -0.348 e. The minimum absolute atomic E-state index is 0.985. The number of nitrogens with one attached hydrogen (secondary N) is 1. The second-order valence-corrected chi connectivity index (χ2v) is 3.88. The summed E-state index contributed by atoms with van der Waals surface area (Å²) in [6, 6.07) is 10.1. The van der Waals surface area contributed by atoms with Crippen molar-refractivity contribution in [2.45, 2.75) is 6.92 Å². The highest BCUT2D eigenvalue weighted by molar-refractivity contribution is 5.64. The molecule has 0 atom stereocenters. The number of nitrogens with zero attached hydrogens (tertiary/aromatic N) is 3. The first-order chi connectivity index (χ1) is 8.34. The maximum atomic E-state index is 4.32. The van der Waals surface area contributed by atoms with Crippen LogP contribution in [-0.2, 0) is 0 Å². The van der Waals surface area contributed by atoms with Crippen molar-refractivity contribution in [3.05, 3.63) is 54.7 Å². The Morgan fingerprint density at radius 1 is 1.24 bits per heavy atom. The Balaban J connectivity index is 2.09. The third-order valence-electron chi connectivity index (χ3n) is 2.72. The molecule has 0 aliphatic rings. The fourth-order valence-corrected chi connectivity index (χ4v) is 1.87. The van der Waals surface area contributed by atoms with Crippen LogP contribution in [-0.4, -0.2) is 19.7 Å². The maximum absolute atomic E-state index is 4.32. The number of aromatic amines is 1. The lowest BCUT2D eigenvalue weighted by Gasteiger charge is -2.04. The van der Waals surface area contributed by atoms with Gasteiger partial charge < -0.3 is 4.98 Å². The molecule has 3 aromatic rings. The first-order valence-corrected chi connectivity index (χ1v) is 5.45. The van der Waals surface area contributed by atoms with Gasteiger partial charge in [-0.15, -0.1) is 0 Å². The molecule has 0 saturated carbocycles. The standard InChI is InChI=1S/C13H12N4/c1-10-13(15-9-14-10)11-4-2-5-12(8-11)17-7-3-6-16-17/h2-9H,1H3,(H,14,15). The Hall–Kier alpha value is -2.36. The molecular weight excluding hydrogens is 212 g/mol. The number of hydrogen-bond acceptors (Lipinski definition) is 2. The molecule has 3 rings (SSSR count). The summed E-state index contributed by atoms with van der Waals surface area (Å²) in [4.78, 5) is 7.41. The second-order valence-electron chi connectivity index (χ2n) is 3.88. The summed E-state index contributed by atoms with van der Waals surface area (Å²) in [6.45, 7) is 2.02. The van der Waals surface area contributed by atoms with Crippen molar-refractivity contribution >= 4 is 0 Å². The van der Waals surface area contributed by atoms with Crippen LogP contribution in [0.4, 0.5) is 0 Å². The van der Waals surface area contributed by atoms with Gasteiger partial charge >= 0.3 is 0 Å². The Morgan fingerprint density at radius 2 is 2.18 bits per heavy atom. The van der Waals surface area contributed by atoms with E-state index in [-0.39, 0.29) is 0 Å². The van der Waals surface area contributed by atoms with E-state index in [2.05, 4.69) is 27.2 Å². The Bertz CT molecular complexity index is 622. The van der Waals surface area contributed by atoms with Crippen molar-refractivity contribution in [2.75, 3.05) is 0 Å². The summed E-state index contributed by atoms with van der Waals surface area (Å²) in [6.07, 6.45) is 5.41. The van der Waals surface area contributed by atoms with Gasteiger partial charge in [0, 0.05) is 23.7 Å². The normalized spacial score (nSPS) is 10.6. The zero-order valence-electron chi connectivity index (χ0n) is 9.46. The summed E-state index contributed by atoms with van der Waals surface area (Å²) in [5, 5.41) is 4.22. The number of aryl methyl sites for hydroxylation is 1. The van der Waals surface area contributed by atoms with Gasteiger partial charge in [0.25, 0.3) is 0 Å². The minimum atomic E-state index is 0.985. The molecule has 4 nitrogen and oxygen atoms in total. The molecular formula is C13H12N4. The van der Waals surface area contributed by atoms with E-state index in [1.54, 1.807) is 12.5 Å². The number of hydrogen-bond donors (Lipinski definition) is 1. The molecule has 0 aliphatic carbocycles. The highest BCUT2D eigenvalue weighted by Gasteiger charge is 2.05. The molecule has 0 spiro atoms. The summed E-state index contributed by atoms with van der Waals surface area (Å²) < 4.78 is 1.84. The van der Waals surface area contributed by atoms with Gasteiger partial charge in [0.1, 0.15) is 0 Å². The van der Waals surface area contributed by atoms with E-state index in [0.29, 0.717) is 0 Å². The average Bonchev–Trinajstić information content (AvgIpc) is 2.99. The van der Waals surface area contributed by atoms with Crippen LogP contribution in [0.3, 0.4) is 0 Å². The molecule has 4 heteroatoms. The Kier molecular flexibility index (Phi) is 2.26. The third kappa shape index (κ3) is 1.73. The number of benzene rings is 1. The third-order valence-corrected chi connectivity index (χ3v) is 2.72. The summed E-state index contributed by atoms with van der Waals surface area (Å²) >= 11 is 0. The quantitative estimate of drug-likeness (QED) is 0.727. The van der Waals surface area contributed by atoms with Crippen LogP contribution in [0, 0.1) is 6.92 Å². The van der Waals surface area contributed by atoms with Crippen LogP contribution in [0.25, 0.3) is 16.9 Å². The first-order valence-electron chi connectivity index (χ1n) is 5.45. The zero-order chi connectivity index (χ0) is 11.7. The van der Waals surface area contributed by atoms with Gasteiger partial charge in [-0.25, -0.2) is 9.67 Å². The summed E-state index contributed by atoms with van der Waals surface area (Å²) in [7, 11) is 0. The molecule has 84 valence electrons. The lowest BCUT2D eigenvalue weighted by molar-refractivity contribution is 0.881. The van der Waals surface area contributed by atoms with E-state index in [1.165, 1.54) is 0 Å². The van der Waals surface area contributed by atoms with Gasteiger partial charge in [-0.2, -0.15) is 5.10 Å². The first kappa shape index (κ1) is 9.84. The fraction of sp³-hybridized carbons (Fsp3) is 0.0769. The molecule has 0 fully saturated rings. The van der Waals surface area contributed by atoms with Crippen LogP contribution in [0.5, 0.6) is 0 Å². The van der Waals surface area contributed by atoms with Crippen molar-refractivity contribution < 1.29 is 0 Å². The van der Waals surface area contributed by atoms with Gasteiger partial charge in [0.05, 0.1) is 17.7 Å². The smallest absolute Gasteiger partial charge is 0.0929 e. The largest absolute Gasteiger partial charge is 0.348 e. The second kappa shape index (κ2) is 3.90. The Labute approximate surface area is 98.9 Å². The summed E-state index contributed by atoms with van der Waals surface area (Å²) in [5.41, 5.74) is 4.19. The molecule has 1 aromatic carbocycles. The number of aromatic nitrogens is 4. The molecule has 1 N–H and O–H groups in total. The molecule has 0 radical (unpaired) electrons. The predicted octanol–water partition coefficient (Wildman–Crippen LogP) is 2.57. The van der Waals surface area contributed by atoms with E-state index < -0.39 is 0 Å². The highest BCUT2D eigenvalue weighted by atomic mass is 15.3. The van der Waals surface area contributed by atoms with Gasteiger partial charge in [0.15, 0.2) is 0 Å². The molecule has 0 aliphatic heterocycles. The van der Waals surface area contributed by atoms with E-state index in [9.17, 15) is 0 Å². The molecule has 0 amide bonds. The van der Waals surface area contributed by atoms with Crippen LogP contribution in [0.15, 0.2) is 49.1 Å². The monoisotopic (exact) mass is 224 g/mol. The van der Waals surface area contributed by atoms with Crippen LogP contribution >= 0.6 is 0 Å². The maximum Gasteiger partial charge on any atom is 0.0929 e. The molecule has 0 saturated heterocycles. The summed E-state index contributed by atoms with van der Waals surface area (Å²) in [5.74, 6) is 0. The fourth-order valence-electron chi connectivity index (χ4n) is 1.87. The van der Waals surface area contributed by atoms with Gasteiger partial charge in [0.2, 0.25) is 0 Å². The van der Waals surface area contributed by atoms with E-state index in [1.807, 2.05) is 36.0 Å². The SMILES string of the molecule is Cc1[nH]cnc1-c1cccc(-n2cccn2)c1. The van der Waals surface area contributed by atoms with Gasteiger partial charge in [-0.05, 0) is 25.1 Å². The van der Waals surface area contributed by atoms with Crippen molar-refractivity contribution in [3.63, 3.8) is 0 Å². The van der Waals surface area contributed by atoms with Crippen LogP contribution < -0.4 is 0 Å². The zero-order valence-corrected chi connectivity index (χ0v) is 9.46. The predicted molar refractivity (Wildman–Crippen MR) is 65.9 cm³/mol. The van der Waals surface area contributed by atoms with E-state index in [0.717, 1.165) is 22.6 Å². The van der Waals surface area contributed by atoms with Crippen molar-refractivity contribution in [2.24, 2.45) is 0 Å². The van der Waals surface area contributed by atoms with Crippen LogP contribution in [0.2, 0.25) is 0 Å². The van der Waals surface area contributed by atoms with E-state index in [4.69, 9.17) is 0 Å². The lowest BCUT2D eigenvalue weighted by Crippen LogP contribution is -1.94. The van der Waals surface area contributed by atoms with Crippen LogP contribution in [0.1, 0.15) is 5.69 Å². The van der Waals surface area contributed by atoms with Crippen molar-refractivity contribution in [1.82, 2.24) is 19.7 Å². The number of imidazole rings is 1. The molecule has 0 bridgehead atoms. The van der Waals surface area contributed by atoms with Crippen molar-refractivity contribution in [3.8, 4) is 16.9 Å². The Morgan fingerprint density at radius 3 is 2.88 bits per heavy atom. The topological polar surface area (TPSA) is 46.5 Å². The molecule has 0 unspecified atom stereocenters. The molecule has 2 heterocycles. The number of rotatable bonds is 2. The van der Waals surface area contributed by atoms with Gasteiger partial charge in [-0.3, -0.25) is 0 Å². The lowest BCUT2D eigenvalue weighted by atomic mass is 10.1. The number of H-pyrrole nitrogens is 1. The van der Waals surface area contributed by atoms with Gasteiger partial charge in [-0.1, -0.05) is 12.1 Å².